The lowest BCUT2D eigenvalue weighted by Gasteiger charge is -2.48. The molecule has 0 aromatic carbocycles. The highest BCUT2D eigenvalue weighted by Gasteiger charge is 2.58. The average Bonchev–Trinajstić information content (AvgIpc) is 3.23. The molecular formula is C23H33NO7. The summed E-state index contributed by atoms with van der Waals surface area (Å²) in [4.78, 5) is 27.8. The number of allylic oxidation sites excluding steroid dienone is 2. The van der Waals surface area contributed by atoms with Gasteiger partial charge >= 0.3 is 5.97 Å². The fraction of sp³-hybridized carbons (Fsp3) is 0.739. The molecule has 7 atom stereocenters. The van der Waals surface area contributed by atoms with Gasteiger partial charge in [0.05, 0.1) is 24.0 Å². The van der Waals surface area contributed by atoms with Crippen LogP contribution in [-0.4, -0.2) is 80.5 Å². The molecule has 0 radical (unpaired) electrons. The van der Waals surface area contributed by atoms with E-state index in [0.717, 1.165) is 19.6 Å². The second kappa shape index (κ2) is 9.71. The third-order valence-electron chi connectivity index (χ3n) is 6.71. The predicted octanol–water partition coefficient (Wildman–Crippen LogP) is 1.83. The highest BCUT2D eigenvalue weighted by Crippen LogP contribution is 2.43. The van der Waals surface area contributed by atoms with Crippen LogP contribution < -0.4 is 0 Å². The van der Waals surface area contributed by atoms with Gasteiger partial charge in [0.25, 0.3) is 0 Å². The number of hydrogen-bond acceptors (Lipinski definition) is 8. The summed E-state index contributed by atoms with van der Waals surface area (Å²) < 4.78 is 29.1. The Bertz CT molecular complexity index is 729. The number of nitrogens with zero attached hydrogens (tertiary/aromatic N) is 1. The van der Waals surface area contributed by atoms with Crippen LogP contribution >= 0.6 is 0 Å². The van der Waals surface area contributed by atoms with Crippen molar-refractivity contribution in [3.05, 3.63) is 24.2 Å². The Balaban J connectivity index is 1.41. The molecule has 0 amide bonds. The van der Waals surface area contributed by atoms with Gasteiger partial charge in [0.2, 0.25) is 0 Å². The number of rotatable bonds is 7. The van der Waals surface area contributed by atoms with Crippen LogP contribution in [0.4, 0.5) is 0 Å². The van der Waals surface area contributed by atoms with Crippen molar-refractivity contribution < 1.29 is 33.3 Å². The molecule has 0 aromatic rings. The van der Waals surface area contributed by atoms with Crippen LogP contribution in [0.25, 0.3) is 0 Å². The zero-order valence-corrected chi connectivity index (χ0v) is 18.5. The largest absolute Gasteiger partial charge is 0.495 e. The first-order chi connectivity index (χ1) is 15.0. The minimum atomic E-state index is -0.805. The normalized spacial score (nSPS) is 36.0. The lowest BCUT2D eigenvalue weighted by molar-refractivity contribution is -0.208. The number of hydrogen-bond donors (Lipinski definition) is 0. The van der Waals surface area contributed by atoms with Crippen molar-refractivity contribution in [2.24, 2.45) is 11.8 Å². The zero-order chi connectivity index (χ0) is 22.0. The summed E-state index contributed by atoms with van der Waals surface area (Å²) in [6.07, 6.45) is 5.99. The van der Waals surface area contributed by atoms with Gasteiger partial charge in [0.15, 0.2) is 11.9 Å². The van der Waals surface area contributed by atoms with Crippen LogP contribution in [0.5, 0.6) is 0 Å². The number of likely N-dealkylation sites (tertiary alicyclic amines) is 1. The predicted molar refractivity (Wildman–Crippen MR) is 111 cm³/mol. The van der Waals surface area contributed by atoms with Crippen molar-refractivity contribution in [2.45, 2.75) is 63.6 Å². The summed E-state index contributed by atoms with van der Waals surface area (Å²) in [7, 11) is 1.59. The van der Waals surface area contributed by atoms with E-state index >= 15 is 0 Å². The van der Waals surface area contributed by atoms with Crippen LogP contribution in [0.15, 0.2) is 24.2 Å². The van der Waals surface area contributed by atoms with Gasteiger partial charge < -0.3 is 23.7 Å². The van der Waals surface area contributed by atoms with Crippen molar-refractivity contribution in [3.8, 4) is 0 Å². The second-order valence-corrected chi connectivity index (χ2v) is 8.79. The van der Waals surface area contributed by atoms with E-state index in [-0.39, 0.29) is 17.8 Å². The smallest absolute Gasteiger partial charge is 0.335 e. The van der Waals surface area contributed by atoms with Crippen molar-refractivity contribution >= 4 is 11.8 Å². The summed E-state index contributed by atoms with van der Waals surface area (Å²) in [6.45, 7) is 6.61. The number of ketones is 1. The monoisotopic (exact) mass is 435 g/mol. The number of fused-ring (bicyclic) bond motifs is 2. The molecule has 1 saturated carbocycles. The third kappa shape index (κ3) is 4.66. The first-order valence-electron chi connectivity index (χ1n) is 11.3. The molecule has 4 aliphatic rings. The number of ether oxygens (including phenoxy) is 5. The SMILES string of the molecule is COC1C2OC=CC2C(OC(C)C(=O)OCCN2CCCCC2)C2C(=O)C=C(C)OC12. The highest BCUT2D eigenvalue weighted by molar-refractivity contribution is 5.94. The quantitative estimate of drug-likeness (QED) is 0.560. The molecule has 0 bridgehead atoms. The topological polar surface area (TPSA) is 83.5 Å². The van der Waals surface area contributed by atoms with E-state index in [1.54, 1.807) is 27.2 Å². The number of methoxy groups -OCH3 is 1. The third-order valence-corrected chi connectivity index (χ3v) is 6.71. The van der Waals surface area contributed by atoms with Gasteiger partial charge in [-0.3, -0.25) is 9.69 Å². The van der Waals surface area contributed by atoms with Gasteiger partial charge in [0.1, 0.15) is 24.9 Å². The van der Waals surface area contributed by atoms with Crippen LogP contribution in [0.1, 0.15) is 33.1 Å². The van der Waals surface area contributed by atoms with E-state index in [1.807, 2.05) is 6.08 Å². The van der Waals surface area contributed by atoms with Crippen LogP contribution in [0, 0.1) is 11.8 Å². The first-order valence-corrected chi connectivity index (χ1v) is 11.3. The van der Waals surface area contributed by atoms with Gasteiger partial charge in [-0.15, -0.1) is 0 Å². The molecule has 0 spiro atoms. The Labute approximate surface area is 183 Å². The standard InChI is InChI=1S/C23H33NO7/c1-14-13-17(25)18-19(16-7-11-28-20(16)22(27-3)21(18)30-14)31-15(2)23(26)29-12-10-24-8-5-4-6-9-24/h7,11,13,15-16,18-22H,4-6,8-10,12H2,1-3H3. The molecule has 4 rings (SSSR count). The fourth-order valence-electron chi connectivity index (χ4n) is 5.16. The van der Waals surface area contributed by atoms with E-state index in [1.165, 1.54) is 25.3 Å². The fourth-order valence-corrected chi connectivity index (χ4v) is 5.16. The first kappa shape index (κ1) is 22.3. The summed E-state index contributed by atoms with van der Waals surface area (Å²) in [5.41, 5.74) is 0. The Morgan fingerprint density at radius 1 is 1.23 bits per heavy atom. The van der Waals surface area contributed by atoms with E-state index < -0.39 is 36.3 Å². The molecule has 1 saturated heterocycles. The molecule has 172 valence electrons. The molecule has 0 N–H and O–H groups in total. The molecule has 7 unspecified atom stereocenters. The number of piperidine rings is 1. The molecule has 31 heavy (non-hydrogen) atoms. The minimum Gasteiger partial charge on any atom is -0.495 e. The number of carbonyl (C=O) groups excluding carboxylic acids is 2. The van der Waals surface area contributed by atoms with E-state index in [4.69, 9.17) is 23.7 Å². The molecule has 1 aliphatic carbocycles. The molecule has 0 aromatic heterocycles. The van der Waals surface area contributed by atoms with Gasteiger partial charge in [-0.25, -0.2) is 4.79 Å². The van der Waals surface area contributed by atoms with E-state index in [2.05, 4.69) is 4.90 Å². The van der Waals surface area contributed by atoms with Crippen molar-refractivity contribution in [1.82, 2.24) is 4.90 Å². The molecule has 3 heterocycles. The Morgan fingerprint density at radius 3 is 2.74 bits per heavy atom. The summed E-state index contributed by atoms with van der Waals surface area (Å²) >= 11 is 0. The Hall–Kier alpha value is -1.90. The zero-order valence-electron chi connectivity index (χ0n) is 18.5. The second-order valence-electron chi connectivity index (χ2n) is 8.79. The molecule has 3 aliphatic heterocycles. The molecular weight excluding hydrogens is 402 g/mol. The lowest BCUT2D eigenvalue weighted by atomic mass is 9.71. The van der Waals surface area contributed by atoms with E-state index in [0.29, 0.717) is 12.4 Å². The molecule has 8 heteroatoms. The maximum atomic E-state index is 12.9. The average molecular weight is 436 g/mol. The molecule has 8 nitrogen and oxygen atoms in total. The van der Waals surface area contributed by atoms with E-state index in [9.17, 15) is 9.59 Å². The Morgan fingerprint density at radius 2 is 2.00 bits per heavy atom. The van der Waals surface area contributed by atoms with Gasteiger partial charge in [-0.2, -0.15) is 0 Å². The van der Waals surface area contributed by atoms with Crippen molar-refractivity contribution in [1.29, 1.82) is 0 Å². The maximum absolute atomic E-state index is 12.9. The summed E-state index contributed by atoms with van der Waals surface area (Å²) in [5.74, 6) is -0.747. The Kier molecular flexibility index (Phi) is 6.99. The van der Waals surface area contributed by atoms with Gasteiger partial charge in [-0.05, 0) is 45.9 Å². The number of esters is 1. The molecule has 2 fully saturated rings. The summed E-state index contributed by atoms with van der Waals surface area (Å²) in [5, 5.41) is 0. The van der Waals surface area contributed by atoms with Crippen LogP contribution in [0.3, 0.4) is 0 Å². The van der Waals surface area contributed by atoms with Crippen LogP contribution in [-0.2, 0) is 33.3 Å². The minimum absolute atomic E-state index is 0.0785. The maximum Gasteiger partial charge on any atom is 0.335 e. The van der Waals surface area contributed by atoms with Gasteiger partial charge in [0, 0.05) is 25.6 Å². The lowest BCUT2D eigenvalue weighted by Crippen LogP contribution is -2.62. The number of carbonyl (C=O) groups is 2. The van der Waals surface area contributed by atoms with Crippen molar-refractivity contribution in [3.63, 3.8) is 0 Å². The van der Waals surface area contributed by atoms with Crippen LogP contribution in [0.2, 0.25) is 0 Å². The summed E-state index contributed by atoms with van der Waals surface area (Å²) in [6, 6.07) is 0. The van der Waals surface area contributed by atoms with Gasteiger partial charge in [-0.1, -0.05) is 6.42 Å². The van der Waals surface area contributed by atoms with Crippen molar-refractivity contribution in [2.75, 3.05) is 33.4 Å². The highest BCUT2D eigenvalue weighted by atomic mass is 16.6.